The van der Waals surface area contributed by atoms with Crippen molar-refractivity contribution in [2.24, 2.45) is 0 Å². The van der Waals surface area contributed by atoms with E-state index in [0.717, 1.165) is 17.6 Å². The van der Waals surface area contributed by atoms with Gasteiger partial charge in [0.1, 0.15) is 6.54 Å². The lowest BCUT2D eigenvalue weighted by atomic mass is 10.2. The van der Waals surface area contributed by atoms with Crippen LogP contribution in [0.15, 0.2) is 30.3 Å². The highest BCUT2D eigenvalue weighted by Gasteiger charge is 2.47. The van der Waals surface area contributed by atoms with Crippen molar-refractivity contribution < 1.29 is 30.2 Å². The molecule has 0 saturated carbocycles. The molecule has 0 bridgehead atoms. The third-order valence-electron chi connectivity index (χ3n) is 3.68. The van der Waals surface area contributed by atoms with Gasteiger partial charge in [0.15, 0.2) is 0 Å². The second-order valence-corrected chi connectivity index (χ2v) is 9.30. The van der Waals surface area contributed by atoms with E-state index >= 15 is 0 Å². The van der Waals surface area contributed by atoms with Crippen molar-refractivity contribution in [3.63, 3.8) is 0 Å². The van der Waals surface area contributed by atoms with Crippen molar-refractivity contribution in [3.05, 3.63) is 35.9 Å². The molecule has 4 nitrogen and oxygen atoms in total. The van der Waals surface area contributed by atoms with E-state index in [1.54, 1.807) is 21.3 Å². The van der Waals surface area contributed by atoms with Crippen LogP contribution in [0.3, 0.4) is 0 Å². The quantitative estimate of drug-likeness (QED) is 0.476. The maximum Gasteiger partial charge on any atom is 0.508 e. The van der Waals surface area contributed by atoms with Gasteiger partial charge in [0.2, 0.25) is 0 Å². The van der Waals surface area contributed by atoms with Crippen LogP contribution in [0.4, 0.5) is 0 Å². The first-order valence-electron chi connectivity index (χ1n) is 6.90. The lowest BCUT2D eigenvalue weighted by molar-refractivity contribution is -0.903. The van der Waals surface area contributed by atoms with E-state index in [1.165, 1.54) is 5.56 Å². The molecule has 1 unspecified atom stereocenters. The molecule has 0 aliphatic heterocycles. The predicted octanol–water partition coefficient (Wildman–Crippen LogP) is -0.465. The van der Waals surface area contributed by atoms with Crippen LogP contribution in [-0.2, 0) is 19.8 Å². The molecule has 0 heterocycles. The number of rotatable bonds is 8. The van der Waals surface area contributed by atoms with Gasteiger partial charge in [0, 0.05) is 26.9 Å². The molecule has 21 heavy (non-hydrogen) atoms. The Hall–Kier alpha value is -0.433. The number of quaternary nitrogens is 1. The number of nitrogens with zero attached hydrogens (tertiary/aromatic N) is 1. The van der Waals surface area contributed by atoms with Crippen molar-refractivity contribution in [1.29, 1.82) is 0 Å². The van der Waals surface area contributed by atoms with Crippen LogP contribution in [0, 0.1) is 0 Å². The van der Waals surface area contributed by atoms with Crippen LogP contribution in [0.25, 0.3) is 0 Å². The van der Waals surface area contributed by atoms with E-state index in [9.17, 15) is 0 Å². The third-order valence-corrected chi connectivity index (χ3v) is 6.78. The Balaban J connectivity index is 0.00000400. The smallest absolute Gasteiger partial charge is 0.508 e. The maximum atomic E-state index is 5.58. The zero-order valence-electron chi connectivity index (χ0n) is 13.9. The molecule has 122 valence electrons. The fraction of sp³-hybridized carbons (Fsp3) is 0.600. The minimum absolute atomic E-state index is 0. The molecule has 0 amide bonds. The summed E-state index contributed by atoms with van der Waals surface area (Å²) in [6, 6.07) is 10.5. The highest BCUT2D eigenvalue weighted by atomic mass is 35.5. The summed E-state index contributed by atoms with van der Waals surface area (Å²) in [6.45, 7) is 4.07. The Labute approximate surface area is 136 Å². The summed E-state index contributed by atoms with van der Waals surface area (Å²) in [4.78, 5) is 0. The Morgan fingerprint density at radius 2 is 1.48 bits per heavy atom. The van der Waals surface area contributed by atoms with Gasteiger partial charge in [-0.05, 0) is 0 Å². The van der Waals surface area contributed by atoms with Crippen molar-refractivity contribution in [2.75, 3.05) is 42.0 Å². The molecule has 1 aromatic rings. The summed E-state index contributed by atoms with van der Waals surface area (Å²) < 4.78 is 17.6. The third kappa shape index (κ3) is 5.69. The minimum Gasteiger partial charge on any atom is -1.00 e. The zero-order chi connectivity index (χ0) is 15.2. The van der Waals surface area contributed by atoms with Crippen molar-refractivity contribution >= 4 is 8.80 Å². The summed E-state index contributed by atoms with van der Waals surface area (Å²) in [6.07, 6.45) is 0. The van der Waals surface area contributed by atoms with E-state index in [2.05, 4.69) is 45.3 Å². The van der Waals surface area contributed by atoms with E-state index < -0.39 is 8.80 Å². The van der Waals surface area contributed by atoms with E-state index in [-0.39, 0.29) is 17.9 Å². The normalized spacial score (nSPS) is 13.6. The topological polar surface area (TPSA) is 27.7 Å². The van der Waals surface area contributed by atoms with Gasteiger partial charge >= 0.3 is 8.80 Å². The number of halogens is 1. The van der Waals surface area contributed by atoms with Gasteiger partial charge in [-0.1, -0.05) is 37.3 Å². The maximum absolute atomic E-state index is 5.58. The second kappa shape index (κ2) is 8.88. The summed E-state index contributed by atoms with van der Waals surface area (Å²) in [7, 11) is 6.91. The molecular weight excluding hydrogens is 306 g/mol. The Kier molecular flexibility index (Phi) is 8.69. The van der Waals surface area contributed by atoms with Crippen LogP contribution >= 0.6 is 0 Å². The first-order valence-corrected chi connectivity index (χ1v) is 8.70. The van der Waals surface area contributed by atoms with Crippen molar-refractivity contribution in [3.8, 4) is 0 Å². The number of hydrogen-bond donors (Lipinski definition) is 0. The molecule has 1 aromatic carbocycles. The van der Waals surface area contributed by atoms with Crippen LogP contribution in [0.1, 0.15) is 12.5 Å². The summed E-state index contributed by atoms with van der Waals surface area (Å²) in [5.41, 5.74) is 1.57. The highest BCUT2D eigenvalue weighted by molar-refractivity contribution is 6.62. The molecule has 0 fully saturated rings. The molecule has 0 N–H and O–H groups in total. The molecule has 0 aliphatic rings. The zero-order valence-corrected chi connectivity index (χ0v) is 15.7. The highest BCUT2D eigenvalue weighted by Crippen LogP contribution is 2.27. The Bertz CT molecular complexity index is 391. The first kappa shape index (κ1) is 20.6. The molecule has 0 spiro atoms. The standard InChI is InChI=1S/C15H28NO3Si.ClH/c1-14(20(17-4,18-5)19-6)12-16(2,3)13-15-10-8-7-9-11-15;/h7-11,14H,12-13H2,1-6H3;1H/q+1;/p-1. The first-order chi connectivity index (χ1) is 9.39. The average molecular weight is 334 g/mol. The van der Waals surface area contributed by atoms with Crippen LogP contribution in [0.2, 0.25) is 5.54 Å². The predicted molar refractivity (Wildman–Crippen MR) is 83.3 cm³/mol. The van der Waals surface area contributed by atoms with Crippen LogP contribution in [0.5, 0.6) is 0 Å². The van der Waals surface area contributed by atoms with Crippen molar-refractivity contribution in [1.82, 2.24) is 0 Å². The Morgan fingerprint density at radius 1 is 1.00 bits per heavy atom. The SMILES string of the molecule is CO[Si](OC)(OC)C(C)C[N+](C)(C)Cc1ccccc1.[Cl-]. The largest absolute Gasteiger partial charge is 1.00 e. The average Bonchev–Trinajstić information content (AvgIpc) is 2.41. The van der Waals surface area contributed by atoms with Gasteiger partial charge in [-0.25, -0.2) is 0 Å². The molecular formula is C15H28ClNO3Si. The molecule has 0 aliphatic carbocycles. The molecule has 0 saturated heterocycles. The molecule has 1 rings (SSSR count). The van der Waals surface area contributed by atoms with Gasteiger partial charge in [0.05, 0.1) is 26.2 Å². The van der Waals surface area contributed by atoms with Gasteiger partial charge < -0.3 is 30.2 Å². The Morgan fingerprint density at radius 3 is 1.90 bits per heavy atom. The van der Waals surface area contributed by atoms with Gasteiger partial charge in [-0.2, -0.15) is 0 Å². The monoisotopic (exact) mass is 333 g/mol. The van der Waals surface area contributed by atoms with Crippen LogP contribution in [-0.4, -0.2) is 55.3 Å². The molecule has 6 heteroatoms. The van der Waals surface area contributed by atoms with E-state index in [0.29, 0.717) is 0 Å². The minimum atomic E-state index is -2.56. The number of hydrogen-bond acceptors (Lipinski definition) is 3. The van der Waals surface area contributed by atoms with E-state index in [1.807, 2.05) is 6.07 Å². The summed E-state index contributed by atoms with van der Waals surface area (Å²) >= 11 is 0. The lowest BCUT2D eigenvalue weighted by Gasteiger charge is -2.37. The second-order valence-electron chi connectivity index (χ2n) is 5.88. The summed E-state index contributed by atoms with van der Waals surface area (Å²) in [5, 5.41) is 0. The molecule has 0 radical (unpaired) electrons. The number of benzene rings is 1. The van der Waals surface area contributed by atoms with Gasteiger partial charge in [-0.3, -0.25) is 0 Å². The fourth-order valence-electron chi connectivity index (χ4n) is 2.85. The van der Waals surface area contributed by atoms with Gasteiger partial charge in [0.25, 0.3) is 0 Å². The van der Waals surface area contributed by atoms with Crippen molar-refractivity contribution in [2.45, 2.75) is 19.0 Å². The molecule has 0 aromatic heterocycles. The molecule has 1 atom stereocenters. The van der Waals surface area contributed by atoms with Crippen LogP contribution < -0.4 is 12.4 Å². The van der Waals surface area contributed by atoms with E-state index in [4.69, 9.17) is 13.3 Å². The summed E-state index contributed by atoms with van der Waals surface area (Å²) in [5.74, 6) is 0. The fourth-order valence-corrected chi connectivity index (χ4v) is 5.27. The van der Waals surface area contributed by atoms with Gasteiger partial charge in [-0.15, -0.1) is 0 Å². The lowest BCUT2D eigenvalue weighted by Crippen LogP contribution is -3.00.